The van der Waals surface area contributed by atoms with Gasteiger partial charge in [0.1, 0.15) is 13.2 Å². The average Bonchev–Trinajstić information content (AvgIpc) is 2.49. The van der Waals surface area contributed by atoms with Crippen molar-refractivity contribution < 1.29 is 23.7 Å². The molecule has 0 aliphatic rings. The minimum absolute atomic E-state index is 0.137. The van der Waals surface area contributed by atoms with E-state index in [1.54, 1.807) is 6.08 Å². The Morgan fingerprint density at radius 2 is 1.65 bits per heavy atom. The molecule has 20 heavy (non-hydrogen) atoms. The van der Waals surface area contributed by atoms with E-state index in [-0.39, 0.29) is 6.61 Å². The summed E-state index contributed by atoms with van der Waals surface area (Å²) >= 11 is 0. The Labute approximate surface area is 118 Å². The number of carbonyl (C=O) groups excluding carboxylic acids is 1. The van der Waals surface area contributed by atoms with Gasteiger partial charge in [-0.15, -0.1) is 0 Å². The Kier molecular flexibility index (Phi) is 6.16. The van der Waals surface area contributed by atoms with Gasteiger partial charge < -0.3 is 18.9 Å². The number of rotatable bonds is 8. The quantitative estimate of drug-likeness (QED) is 0.540. The van der Waals surface area contributed by atoms with Crippen LogP contribution in [-0.2, 0) is 4.74 Å². The van der Waals surface area contributed by atoms with Gasteiger partial charge in [0.15, 0.2) is 11.5 Å². The molecule has 0 fully saturated rings. The van der Waals surface area contributed by atoms with Crippen molar-refractivity contribution in [1.82, 2.24) is 0 Å². The van der Waals surface area contributed by atoms with E-state index >= 15 is 0 Å². The van der Waals surface area contributed by atoms with Crippen LogP contribution in [0.5, 0.6) is 17.2 Å². The first-order valence-corrected chi connectivity index (χ1v) is 5.95. The van der Waals surface area contributed by atoms with Crippen molar-refractivity contribution in [2.24, 2.45) is 0 Å². The second kappa shape index (κ2) is 7.89. The highest BCUT2D eigenvalue weighted by Gasteiger charge is 2.18. The molecular weight excluding hydrogens is 260 g/mol. The Morgan fingerprint density at radius 1 is 1.10 bits per heavy atom. The zero-order valence-corrected chi connectivity index (χ0v) is 11.7. The van der Waals surface area contributed by atoms with Crippen molar-refractivity contribution in [3.63, 3.8) is 0 Å². The fourth-order valence-electron chi connectivity index (χ4n) is 1.50. The molecule has 0 saturated heterocycles. The highest BCUT2D eigenvalue weighted by atomic mass is 16.5. The lowest BCUT2D eigenvalue weighted by Gasteiger charge is -2.14. The van der Waals surface area contributed by atoms with E-state index in [9.17, 15) is 4.79 Å². The molecule has 0 amide bonds. The van der Waals surface area contributed by atoms with E-state index in [2.05, 4.69) is 13.2 Å². The first-order chi connectivity index (χ1) is 9.67. The van der Waals surface area contributed by atoms with Gasteiger partial charge in [-0.2, -0.15) is 0 Å². The molecule has 0 radical (unpaired) electrons. The molecule has 5 nitrogen and oxygen atoms in total. The van der Waals surface area contributed by atoms with E-state index in [0.29, 0.717) is 29.4 Å². The van der Waals surface area contributed by atoms with Gasteiger partial charge in [-0.05, 0) is 12.1 Å². The van der Waals surface area contributed by atoms with Gasteiger partial charge in [0.05, 0.1) is 19.8 Å². The summed E-state index contributed by atoms with van der Waals surface area (Å²) in [6.45, 7) is 7.50. The van der Waals surface area contributed by atoms with Crippen molar-refractivity contribution in [3.8, 4) is 17.2 Å². The molecule has 5 heteroatoms. The van der Waals surface area contributed by atoms with Crippen molar-refractivity contribution in [2.45, 2.75) is 0 Å². The largest absolute Gasteiger partial charge is 0.493 e. The summed E-state index contributed by atoms with van der Waals surface area (Å²) in [5.41, 5.74) is 0.312. The lowest BCUT2D eigenvalue weighted by molar-refractivity contribution is 0.0549. The third-order valence-electron chi connectivity index (χ3n) is 2.37. The molecule has 0 N–H and O–H groups in total. The number of benzene rings is 1. The predicted octanol–water partition coefficient (Wildman–Crippen LogP) is 2.61. The van der Waals surface area contributed by atoms with Crippen LogP contribution in [-0.4, -0.2) is 33.4 Å². The second-order valence-electron chi connectivity index (χ2n) is 3.70. The fourth-order valence-corrected chi connectivity index (χ4v) is 1.50. The average molecular weight is 278 g/mol. The third kappa shape index (κ3) is 3.78. The van der Waals surface area contributed by atoms with Gasteiger partial charge in [-0.3, -0.25) is 0 Å². The third-order valence-corrected chi connectivity index (χ3v) is 2.37. The Morgan fingerprint density at radius 3 is 2.10 bits per heavy atom. The van der Waals surface area contributed by atoms with Crippen LogP contribution in [0.3, 0.4) is 0 Å². The molecule has 108 valence electrons. The van der Waals surface area contributed by atoms with Crippen molar-refractivity contribution in [2.75, 3.05) is 27.4 Å². The van der Waals surface area contributed by atoms with Crippen LogP contribution in [0.1, 0.15) is 10.4 Å². The van der Waals surface area contributed by atoms with Gasteiger partial charge in [0.25, 0.3) is 0 Å². The van der Waals surface area contributed by atoms with Gasteiger partial charge >= 0.3 is 5.97 Å². The van der Waals surface area contributed by atoms with Crippen molar-refractivity contribution in [3.05, 3.63) is 43.0 Å². The molecule has 0 spiro atoms. The van der Waals surface area contributed by atoms with Crippen LogP contribution in [0.25, 0.3) is 0 Å². The summed E-state index contributed by atoms with van der Waals surface area (Å²) in [5.74, 6) is 0.695. The van der Waals surface area contributed by atoms with Crippen LogP contribution in [0.4, 0.5) is 0 Å². The summed E-state index contributed by atoms with van der Waals surface area (Å²) in [6.07, 6.45) is 3.10. The maximum absolute atomic E-state index is 11.8. The van der Waals surface area contributed by atoms with Crippen molar-refractivity contribution >= 4 is 5.97 Å². The SMILES string of the molecule is C=CCOC(=O)c1cc(OC)c(OCC=C)c(OC)c1. The normalized spacial score (nSPS) is 9.50. The van der Waals surface area contributed by atoms with E-state index in [4.69, 9.17) is 18.9 Å². The molecule has 0 bridgehead atoms. The maximum atomic E-state index is 11.8. The molecule has 0 aromatic heterocycles. The Balaban J connectivity index is 3.13. The van der Waals surface area contributed by atoms with Crippen LogP contribution >= 0.6 is 0 Å². The van der Waals surface area contributed by atoms with Crippen LogP contribution < -0.4 is 14.2 Å². The topological polar surface area (TPSA) is 54.0 Å². The molecule has 0 atom stereocenters. The van der Waals surface area contributed by atoms with Gasteiger partial charge in [0, 0.05) is 0 Å². The van der Waals surface area contributed by atoms with Crippen LogP contribution in [0, 0.1) is 0 Å². The Hall–Kier alpha value is -2.43. The van der Waals surface area contributed by atoms with Gasteiger partial charge in [0.2, 0.25) is 5.75 Å². The van der Waals surface area contributed by atoms with E-state index in [1.165, 1.54) is 32.4 Å². The molecule has 1 aromatic carbocycles. The number of hydrogen-bond acceptors (Lipinski definition) is 5. The number of carbonyl (C=O) groups is 1. The summed E-state index contributed by atoms with van der Waals surface area (Å²) < 4.78 is 20.9. The minimum Gasteiger partial charge on any atom is -0.493 e. The highest BCUT2D eigenvalue weighted by molar-refractivity contribution is 5.91. The van der Waals surface area contributed by atoms with Crippen molar-refractivity contribution in [1.29, 1.82) is 0 Å². The first kappa shape index (κ1) is 15.6. The summed E-state index contributed by atoms with van der Waals surface area (Å²) in [5, 5.41) is 0. The van der Waals surface area contributed by atoms with E-state index in [0.717, 1.165) is 0 Å². The number of methoxy groups -OCH3 is 2. The fraction of sp³-hybridized carbons (Fsp3) is 0.267. The van der Waals surface area contributed by atoms with E-state index < -0.39 is 5.97 Å². The molecule has 0 heterocycles. The highest BCUT2D eigenvalue weighted by Crippen LogP contribution is 2.38. The lowest BCUT2D eigenvalue weighted by Crippen LogP contribution is -2.07. The smallest absolute Gasteiger partial charge is 0.338 e. The summed E-state index contributed by atoms with van der Waals surface area (Å²) in [4.78, 5) is 11.8. The monoisotopic (exact) mass is 278 g/mol. The first-order valence-electron chi connectivity index (χ1n) is 5.95. The van der Waals surface area contributed by atoms with Crippen LogP contribution in [0.2, 0.25) is 0 Å². The van der Waals surface area contributed by atoms with Crippen LogP contribution in [0.15, 0.2) is 37.4 Å². The zero-order chi connectivity index (χ0) is 15.0. The number of hydrogen-bond donors (Lipinski definition) is 0. The molecule has 1 rings (SSSR count). The minimum atomic E-state index is -0.489. The molecule has 0 unspecified atom stereocenters. The number of esters is 1. The van der Waals surface area contributed by atoms with Gasteiger partial charge in [-0.1, -0.05) is 25.3 Å². The molecular formula is C15H18O5. The lowest BCUT2D eigenvalue weighted by atomic mass is 10.2. The van der Waals surface area contributed by atoms with Gasteiger partial charge in [-0.25, -0.2) is 4.79 Å². The predicted molar refractivity (Wildman–Crippen MR) is 75.7 cm³/mol. The van der Waals surface area contributed by atoms with E-state index in [1.807, 2.05) is 0 Å². The molecule has 1 aromatic rings. The number of ether oxygens (including phenoxy) is 4. The second-order valence-corrected chi connectivity index (χ2v) is 3.70. The molecule has 0 saturated carbocycles. The molecule has 0 aliphatic heterocycles. The maximum Gasteiger partial charge on any atom is 0.338 e. The summed E-state index contributed by atoms with van der Waals surface area (Å²) in [6, 6.07) is 3.07. The Bertz CT molecular complexity index is 468. The molecule has 0 aliphatic carbocycles. The summed E-state index contributed by atoms with van der Waals surface area (Å²) in [7, 11) is 2.96. The standard InChI is InChI=1S/C15H18O5/c1-5-7-19-14-12(17-3)9-11(10-13(14)18-4)15(16)20-8-6-2/h5-6,9-10H,1-2,7-8H2,3-4H3. The zero-order valence-electron chi connectivity index (χ0n) is 11.7.